The maximum absolute atomic E-state index is 9.90. The van der Waals surface area contributed by atoms with Crippen molar-refractivity contribution < 1.29 is 10.2 Å². The zero-order chi connectivity index (χ0) is 15.5. The number of hydrogen-bond donors (Lipinski definition) is 3. The van der Waals surface area contributed by atoms with Crippen LogP contribution in [0.4, 0.5) is 5.69 Å². The highest BCUT2D eigenvalue weighted by atomic mass is 32.1. The van der Waals surface area contributed by atoms with Gasteiger partial charge in [-0.2, -0.15) is 0 Å². The summed E-state index contributed by atoms with van der Waals surface area (Å²) in [5, 5.41) is 22.4. The molecule has 22 heavy (non-hydrogen) atoms. The van der Waals surface area contributed by atoms with Gasteiger partial charge in [0.2, 0.25) is 0 Å². The summed E-state index contributed by atoms with van der Waals surface area (Å²) in [4.78, 5) is 0.386. The van der Waals surface area contributed by atoms with Crippen molar-refractivity contribution in [1.82, 2.24) is 4.57 Å². The second-order valence-electron chi connectivity index (χ2n) is 4.76. The van der Waals surface area contributed by atoms with Crippen molar-refractivity contribution in [3.63, 3.8) is 0 Å². The van der Waals surface area contributed by atoms with Gasteiger partial charge in [0.05, 0.1) is 16.9 Å². The molecule has 4 nitrogen and oxygen atoms in total. The number of nitrogens with zero attached hydrogens (tertiary/aromatic N) is 1. The number of hydrogen-bond acceptors (Lipinski definition) is 3. The van der Waals surface area contributed by atoms with Gasteiger partial charge in [-0.25, -0.2) is 0 Å². The number of rotatable bonds is 3. The van der Waals surface area contributed by atoms with E-state index in [0.29, 0.717) is 10.6 Å². The van der Waals surface area contributed by atoms with Gasteiger partial charge < -0.3 is 20.1 Å². The van der Waals surface area contributed by atoms with Crippen LogP contribution in [0.15, 0.2) is 67.0 Å². The first kappa shape index (κ1) is 14.2. The molecule has 0 aliphatic rings. The average Bonchev–Trinajstić information content (AvgIpc) is 3.01. The summed E-state index contributed by atoms with van der Waals surface area (Å²) in [6.07, 6.45) is 3.89. The molecule has 5 heteroatoms. The summed E-state index contributed by atoms with van der Waals surface area (Å²) < 4.78 is 1.97. The number of anilines is 1. The number of phenols is 2. The van der Waals surface area contributed by atoms with Crippen molar-refractivity contribution in [3.8, 4) is 17.2 Å². The van der Waals surface area contributed by atoms with Crippen LogP contribution in [0.5, 0.6) is 11.5 Å². The summed E-state index contributed by atoms with van der Waals surface area (Å²) in [5.74, 6) is -0.0623. The molecule has 0 bridgehead atoms. The molecule has 3 rings (SSSR count). The standard InChI is InChI=1S/C17H14N2O2S/c20-12-7-8-13(16(21)11-12)17(22)18-14-5-1-2-6-15(14)19-9-3-4-10-19/h1-11,20-21H,(H,18,22). The Kier molecular flexibility index (Phi) is 3.80. The van der Waals surface area contributed by atoms with Crippen molar-refractivity contribution >= 4 is 22.9 Å². The van der Waals surface area contributed by atoms with E-state index in [9.17, 15) is 10.2 Å². The monoisotopic (exact) mass is 310 g/mol. The molecule has 1 heterocycles. The van der Waals surface area contributed by atoms with E-state index in [1.54, 1.807) is 6.07 Å². The van der Waals surface area contributed by atoms with Crippen molar-refractivity contribution in [3.05, 3.63) is 72.6 Å². The van der Waals surface area contributed by atoms with Crippen LogP contribution in [0.1, 0.15) is 5.56 Å². The molecule has 3 aromatic rings. The lowest BCUT2D eigenvalue weighted by molar-refractivity contribution is 0.450. The first-order valence-electron chi connectivity index (χ1n) is 6.71. The fourth-order valence-corrected chi connectivity index (χ4v) is 2.48. The van der Waals surface area contributed by atoms with E-state index in [0.717, 1.165) is 11.4 Å². The molecule has 1 aromatic heterocycles. The van der Waals surface area contributed by atoms with Crippen molar-refractivity contribution in [2.45, 2.75) is 0 Å². The topological polar surface area (TPSA) is 57.4 Å². The second-order valence-corrected chi connectivity index (χ2v) is 5.17. The molecule has 110 valence electrons. The average molecular weight is 310 g/mol. The number of benzene rings is 2. The van der Waals surface area contributed by atoms with Gasteiger partial charge >= 0.3 is 0 Å². The van der Waals surface area contributed by atoms with Crippen molar-refractivity contribution in [2.75, 3.05) is 5.32 Å². The third-order valence-electron chi connectivity index (χ3n) is 3.26. The lowest BCUT2D eigenvalue weighted by Crippen LogP contribution is -2.12. The van der Waals surface area contributed by atoms with E-state index in [4.69, 9.17) is 12.2 Å². The quantitative estimate of drug-likeness (QED) is 0.646. The number of para-hydroxylation sites is 2. The van der Waals surface area contributed by atoms with Crippen LogP contribution in [-0.2, 0) is 0 Å². The van der Waals surface area contributed by atoms with Crippen LogP contribution in [-0.4, -0.2) is 19.8 Å². The molecule has 0 aliphatic carbocycles. The predicted molar refractivity (Wildman–Crippen MR) is 90.9 cm³/mol. The maximum Gasteiger partial charge on any atom is 0.129 e. The van der Waals surface area contributed by atoms with Gasteiger partial charge in [-0.3, -0.25) is 0 Å². The van der Waals surface area contributed by atoms with Crippen LogP contribution in [0.25, 0.3) is 5.69 Å². The normalized spacial score (nSPS) is 10.4. The highest BCUT2D eigenvalue weighted by Crippen LogP contribution is 2.26. The summed E-state index contributed by atoms with van der Waals surface area (Å²) in [6.45, 7) is 0. The largest absolute Gasteiger partial charge is 0.508 e. The summed E-state index contributed by atoms with van der Waals surface area (Å²) in [6, 6.07) is 16.0. The highest BCUT2D eigenvalue weighted by molar-refractivity contribution is 7.81. The Morgan fingerprint density at radius 1 is 0.955 bits per heavy atom. The third kappa shape index (κ3) is 2.80. The molecule has 0 fully saturated rings. The zero-order valence-electron chi connectivity index (χ0n) is 11.6. The fourth-order valence-electron chi connectivity index (χ4n) is 2.20. The molecule has 0 saturated heterocycles. The Morgan fingerprint density at radius 3 is 2.41 bits per heavy atom. The summed E-state index contributed by atoms with van der Waals surface area (Å²) in [5.41, 5.74) is 2.25. The maximum atomic E-state index is 9.90. The molecule has 0 saturated carbocycles. The lowest BCUT2D eigenvalue weighted by atomic mass is 10.1. The Bertz CT molecular complexity index is 813. The minimum Gasteiger partial charge on any atom is -0.508 e. The molecule has 0 amide bonds. The minimum atomic E-state index is -0.0593. The van der Waals surface area contributed by atoms with Gasteiger partial charge in [-0.15, -0.1) is 0 Å². The summed E-state index contributed by atoms with van der Waals surface area (Å²) >= 11 is 5.36. The number of nitrogens with one attached hydrogen (secondary N) is 1. The molecular formula is C17H14N2O2S. The van der Waals surface area contributed by atoms with E-state index in [2.05, 4.69) is 5.32 Å². The SMILES string of the molecule is Oc1ccc(C(=S)Nc2ccccc2-n2cccc2)c(O)c1. The van der Waals surface area contributed by atoms with Crippen molar-refractivity contribution in [2.24, 2.45) is 0 Å². The molecule has 0 spiro atoms. The van der Waals surface area contributed by atoms with Crippen LogP contribution >= 0.6 is 12.2 Å². The fraction of sp³-hybridized carbons (Fsp3) is 0. The second kappa shape index (κ2) is 5.91. The molecular weight excluding hydrogens is 296 g/mol. The molecule has 3 N–H and O–H groups in total. The van der Waals surface area contributed by atoms with Gasteiger partial charge in [0.25, 0.3) is 0 Å². The van der Waals surface area contributed by atoms with E-state index in [1.807, 2.05) is 53.4 Å². The van der Waals surface area contributed by atoms with Crippen LogP contribution in [0.3, 0.4) is 0 Å². The van der Waals surface area contributed by atoms with E-state index in [1.165, 1.54) is 12.1 Å². The van der Waals surface area contributed by atoms with Gasteiger partial charge in [0.1, 0.15) is 16.5 Å². The van der Waals surface area contributed by atoms with E-state index in [-0.39, 0.29) is 11.5 Å². The van der Waals surface area contributed by atoms with Gasteiger partial charge in [0.15, 0.2) is 0 Å². The number of thiocarbonyl (C=S) groups is 1. The number of phenolic OH excluding ortho intramolecular Hbond substituents is 2. The van der Waals surface area contributed by atoms with Crippen LogP contribution < -0.4 is 5.32 Å². The highest BCUT2D eigenvalue weighted by Gasteiger charge is 2.10. The smallest absolute Gasteiger partial charge is 0.129 e. The predicted octanol–water partition coefficient (Wildman–Crippen LogP) is 3.68. The molecule has 2 aromatic carbocycles. The Balaban J connectivity index is 1.92. The molecule has 0 radical (unpaired) electrons. The molecule has 0 aliphatic heterocycles. The summed E-state index contributed by atoms with van der Waals surface area (Å²) in [7, 11) is 0. The third-order valence-corrected chi connectivity index (χ3v) is 3.58. The minimum absolute atomic E-state index is 0.00297. The van der Waals surface area contributed by atoms with Gasteiger partial charge in [0, 0.05) is 18.5 Å². The van der Waals surface area contributed by atoms with E-state index >= 15 is 0 Å². The van der Waals surface area contributed by atoms with Gasteiger partial charge in [-0.05, 0) is 36.4 Å². The first-order valence-corrected chi connectivity index (χ1v) is 7.11. The lowest BCUT2D eigenvalue weighted by Gasteiger charge is -2.14. The first-order chi connectivity index (χ1) is 10.6. The van der Waals surface area contributed by atoms with Crippen molar-refractivity contribution in [1.29, 1.82) is 0 Å². The molecule has 0 unspecified atom stereocenters. The zero-order valence-corrected chi connectivity index (χ0v) is 12.4. The van der Waals surface area contributed by atoms with Crippen LogP contribution in [0.2, 0.25) is 0 Å². The number of aromatic hydroxyl groups is 2. The number of aromatic nitrogens is 1. The van der Waals surface area contributed by atoms with E-state index < -0.39 is 0 Å². The van der Waals surface area contributed by atoms with Crippen LogP contribution in [0, 0.1) is 0 Å². The van der Waals surface area contributed by atoms with Gasteiger partial charge in [-0.1, -0.05) is 24.4 Å². The Labute approximate surface area is 133 Å². The molecule has 0 atom stereocenters. The Hall–Kier alpha value is -2.79. The Morgan fingerprint density at radius 2 is 1.68 bits per heavy atom.